The minimum absolute atomic E-state index is 0.736. The van der Waals surface area contributed by atoms with Gasteiger partial charge in [0.1, 0.15) is 12.0 Å². The normalized spacial score (nSPS) is 18.1. The van der Waals surface area contributed by atoms with E-state index in [2.05, 4.69) is 56.7 Å². The lowest BCUT2D eigenvalue weighted by molar-refractivity contribution is 0.573. The number of hydrogen-bond acceptors (Lipinski definition) is 6. The second-order valence-corrected chi connectivity index (χ2v) is 7.68. The van der Waals surface area contributed by atoms with E-state index in [4.69, 9.17) is 5.73 Å². The van der Waals surface area contributed by atoms with Crippen molar-refractivity contribution in [2.75, 3.05) is 59.7 Å². The highest BCUT2D eigenvalue weighted by Crippen LogP contribution is 2.32. The van der Waals surface area contributed by atoms with Gasteiger partial charge in [0, 0.05) is 45.0 Å². The van der Waals surface area contributed by atoms with Crippen molar-refractivity contribution in [3.63, 3.8) is 0 Å². The van der Waals surface area contributed by atoms with Crippen LogP contribution in [0.1, 0.15) is 30.4 Å². The molecule has 0 radical (unpaired) electrons. The summed E-state index contributed by atoms with van der Waals surface area (Å²) >= 11 is 0. The summed E-state index contributed by atoms with van der Waals surface area (Å²) in [6.07, 6.45) is 5.40. The lowest BCUT2D eigenvalue weighted by atomic mass is 10.1. The third-order valence-corrected chi connectivity index (χ3v) is 5.99. The molecule has 1 aromatic carbocycles. The molecule has 27 heavy (non-hydrogen) atoms. The first-order valence-corrected chi connectivity index (χ1v) is 10.1. The number of benzene rings is 1. The molecule has 3 heterocycles. The van der Waals surface area contributed by atoms with Gasteiger partial charge in [-0.15, -0.1) is 0 Å². The van der Waals surface area contributed by atoms with E-state index in [0.717, 1.165) is 56.6 Å². The van der Waals surface area contributed by atoms with Crippen molar-refractivity contribution >= 4 is 23.0 Å². The van der Waals surface area contributed by atoms with Gasteiger partial charge in [0.15, 0.2) is 11.6 Å². The smallest absolute Gasteiger partial charge is 0.157 e. The number of nitrogens with zero attached hydrogens (tertiary/aromatic N) is 5. The van der Waals surface area contributed by atoms with Crippen molar-refractivity contribution in [3.8, 4) is 0 Å². The van der Waals surface area contributed by atoms with Gasteiger partial charge in [0.05, 0.1) is 0 Å². The Morgan fingerprint density at radius 3 is 2.04 bits per heavy atom. The van der Waals surface area contributed by atoms with Crippen LogP contribution in [0.3, 0.4) is 0 Å². The molecule has 0 bridgehead atoms. The van der Waals surface area contributed by atoms with E-state index < -0.39 is 0 Å². The van der Waals surface area contributed by atoms with Crippen molar-refractivity contribution in [3.05, 3.63) is 35.7 Å². The number of hydrogen-bond donors (Lipinski definition) is 1. The molecule has 2 aliphatic heterocycles. The number of aromatic nitrogens is 2. The van der Waals surface area contributed by atoms with Gasteiger partial charge in [-0.05, 0) is 50.3 Å². The Bertz CT molecular complexity index is 791. The first-order valence-electron chi connectivity index (χ1n) is 10.1. The standard InChI is InChI=1S/C21H30N6/c1-16-7-6-8-18(17(16)2)25-11-13-27(14-12-25)21-19(22)20(23-15-24-21)26-9-4-3-5-10-26/h6-8,15H,3-5,9-14,22H2,1-2H3. The maximum Gasteiger partial charge on any atom is 0.157 e. The summed E-state index contributed by atoms with van der Waals surface area (Å²) in [6, 6.07) is 6.56. The molecule has 1 aromatic heterocycles. The number of nitrogens with two attached hydrogens (primary N) is 1. The molecule has 144 valence electrons. The van der Waals surface area contributed by atoms with Crippen molar-refractivity contribution in [1.29, 1.82) is 0 Å². The number of nitrogen functional groups attached to an aromatic ring is 1. The van der Waals surface area contributed by atoms with Gasteiger partial charge < -0.3 is 20.4 Å². The molecule has 2 N–H and O–H groups in total. The van der Waals surface area contributed by atoms with Gasteiger partial charge in [-0.2, -0.15) is 0 Å². The zero-order chi connectivity index (χ0) is 18.8. The summed E-state index contributed by atoms with van der Waals surface area (Å²) in [5.74, 6) is 1.81. The lowest BCUT2D eigenvalue weighted by Crippen LogP contribution is -2.47. The molecule has 0 spiro atoms. The van der Waals surface area contributed by atoms with Crippen molar-refractivity contribution in [2.24, 2.45) is 0 Å². The molecule has 2 aromatic rings. The second-order valence-electron chi connectivity index (χ2n) is 7.68. The molecule has 0 aliphatic carbocycles. The van der Waals surface area contributed by atoms with Crippen LogP contribution >= 0.6 is 0 Å². The summed E-state index contributed by atoms with van der Waals surface area (Å²) in [5.41, 5.74) is 11.3. The number of piperidine rings is 1. The molecular weight excluding hydrogens is 336 g/mol. The molecule has 4 rings (SSSR count). The zero-order valence-electron chi connectivity index (χ0n) is 16.5. The van der Waals surface area contributed by atoms with E-state index >= 15 is 0 Å². The van der Waals surface area contributed by atoms with Crippen LogP contribution in [0.15, 0.2) is 24.5 Å². The maximum atomic E-state index is 6.51. The van der Waals surface area contributed by atoms with Gasteiger partial charge in [-0.3, -0.25) is 0 Å². The summed E-state index contributed by atoms with van der Waals surface area (Å²) in [6.45, 7) is 10.3. The van der Waals surface area contributed by atoms with Crippen LogP contribution in [0.5, 0.6) is 0 Å². The maximum absolute atomic E-state index is 6.51. The largest absolute Gasteiger partial charge is 0.393 e. The minimum Gasteiger partial charge on any atom is -0.393 e. The topological polar surface area (TPSA) is 61.5 Å². The molecule has 0 unspecified atom stereocenters. The predicted octanol–water partition coefficient (Wildman–Crippen LogP) is 2.99. The molecule has 0 atom stereocenters. The Balaban J connectivity index is 1.49. The van der Waals surface area contributed by atoms with E-state index in [1.807, 2.05) is 0 Å². The fourth-order valence-electron chi connectivity index (χ4n) is 4.22. The Kier molecular flexibility index (Phi) is 5.05. The van der Waals surface area contributed by atoms with Crippen LogP contribution in [-0.2, 0) is 0 Å². The fourth-order valence-corrected chi connectivity index (χ4v) is 4.22. The van der Waals surface area contributed by atoms with Gasteiger partial charge in [0.25, 0.3) is 0 Å². The van der Waals surface area contributed by atoms with Crippen LogP contribution in [0.4, 0.5) is 23.0 Å². The van der Waals surface area contributed by atoms with E-state index in [-0.39, 0.29) is 0 Å². The third kappa shape index (κ3) is 3.53. The van der Waals surface area contributed by atoms with E-state index in [0.29, 0.717) is 0 Å². The van der Waals surface area contributed by atoms with Gasteiger partial charge >= 0.3 is 0 Å². The van der Waals surface area contributed by atoms with Crippen LogP contribution in [-0.4, -0.2) is 49.2 Å². The molecule has 6 nitrogen and oxygen atoms in total. The number of anilines is 4. The number of piperazine rings is 1. The summed E-state index contributed by atoms with van der Waals surface area (Å²) in [7, 11) is 0. The van der Waals surface area contributed by atoms with E-state index in [9.17, 15) is 0 Å². The number of aryl methyl sites for hydroxylation is 1. The van der Waals surface area contributed by atoms with E-state index in [1.165, 1.54) is 36.1 Å². The Morgan fingerprint density at radius 1 is 0.778 bits per heavy atom. The third-order valence-electron chi connectivity index (χ3n) is 5.99. The Morgan fingerprint density at radius 2 is 1.37 bits per heavy atom. The first kappa shape index (κ1) is 17.9. The van der Waals surface area contributed by atoms with E-state index in [1.54, 1.807) is 6.33 Å². The Hall–Kier alpha value is -2.50. The molecule has 2 fully saturated rings. The van der Waals surface area contributed by atoms with Crippen LogP contribution in [0, 0.1) is 13.8 Å². The van der Waals surface area contributed by atoms with Gasteiger partial charge in [0.2, 0.25) is 0 Å². The van der Waals surface area contributed by atoms with Gasteiger partial charge in [-0.25, -0.2) is 9.97 Å². The SMILES string of the molecule is Cc1cccc(N2CCN(c3ncnc(N4CCCCC4)c3N)CC2)c1C. The van der Waals surface area contributed by atoms with Gasteiger partial charge in [-0.1, -0.05) is 12.1 Å². The van der Waals surface area contributed by atoms with Crippen molar-refractivity contribution in [1.82, 2.24) is 9.97 Å². The molecule has 2 aliphatic rings. The van der Waals surface area contributed by atoms with Crippen molar-refractivity contribution < 1.29 is 0 Å². The van der Waals surface area contributed by atoms with Crippen molar-refractivity contribution in [2.45, 2.75) is 33.1 Å². The highest BCUT2D eigenvalue weighted by atomic mass is 15.3. The summed E-state index contributed by atoms with van der Waals surface area (Å²) in [5, 5.41) is 0. The second kappa shape index (κ2) is 7.62. The van der Waals surface area contributed by atoms with Crippen LogP contribution in [0.2, 0.25) is 0 Å². The average molecular weight is 367 g/mol. The highest BCUT2D eigenvalue weighted by Gasteiger charge is 2.24. The molecule has 6 heteroatoms. The predicted molar refractivity (Wildman–Crippen MR) is 113 cm³/mol. The average Bonchev–Trinajstić information content (AvgIpc) is 2.71. The fraction of sp³-hybridized carbons (Fsp3) is 0.524. The van der Waals surface area contributed by atoms with Crippen LogP contribution in [0.25, 0.3) is 0 Å². The molecule has 0 saturated carbocycles. The Labute approximate surface area is 162 Å². The summed E-state index contributed by atoms with van der Waals surface area (Å²) < 4.78 is 0. The first-order chi connectivity index (χ1) is 13.1. The van der Waals surface area contributed by atoms with Crippen LogP contribution < -0.4 is 20.4 Å². The number of rotatable bonds is 3. The molecule has 2 saturated heterocycles. The quantitative estimate of drug-likeness (QED) is 0.901. The monoisotopic (exact) mass is 366 g/mol. The summed E-state index contributed by atoms with van der Waals surface area (Å²) in [4.78, 5) is 16.1. The minimum atomic E-state index is 0.736. The molecule has 0 amide bonds. The highest BCUT2D eigenvalue weighted by molar-refractivity contribution is 5.76. The molecular formula is C21H30N6. The lowest BCUT2D eigenvalue weighted by Gasteiger charge is -2.38. The zero-order valence-corrected chi connectivity index (χ0v) is 16.5.